The molecule has 1 fully saturated rings. The molecular weight excluding hydrogens is 318 g/mol. The molecule has 0 unspecified atom stereocenters. The number of aromatic nitrogens is 4. The summed E-state index contributed by atoms with van der Waals surface area (Å²) in [6, 6.07) is 3.83. The molecular formula is C18H19N5O2. The van der Waals surface area contributed by atoms with Crippen LogP contribution in [-0.2, 0) is 17.8 Å². The summed E-state index contributed by atoms with van der Waals surface area (Å²) < 4.78 is 5.35. The number of imidazole rings is 1. The van der Waals surface area contributed by atoms with Crippen molar-refractivity contribution in [3.05, 3.63) is 59.8 Å². The van der Waals surface area contributed by atoms with Crippen LogP contribution in [0.4, 0.5) is 5.69 Å². The highest BCUT2D eigenvalue weighted by Crippen LogP contribution is 2.39. The molecule has 0 aromatic carbocycles. The Morgan fingerprint density at radius 1 is 1.36 bits per heavy atom. The lowest BCUT2D eigenvalue weighted by Crippen LogP contribution is -2.32. The first-order valence-electron chi connectivity index (χ1n) is 8.35. The van der Waals surface area contributed by atoms with Crippen molar-refractivity contribution in [2.75, 3.05) is 4.90 Å². The predicted octanol–water partition coefficient (Wildman–Crippen LogP) is 2.75. The van der Waals surface area contributed by atoms with E-state index in [1.165, 1.54) is 0 Å². The number of pyridine rings is 1. The van der Waals surface area contributed by atoms with Crippen molar-refractivity contribution in [3.8, 4) is 0 Å². The quantitative estimate of drug-likeness (QED) is 0.747. The van der Waals surface area contributed by atoms with E-state index in [0.29, 0.717) is 24.0 Å². The third-order valence-electron chi connectivity index (χ3n) is 4.23. The van der Waals surface area contributed by atoms with Gasteiger partial charge in [-0.05, 0) is 31.4 Å². The van der Waals surface area contributed by atoms with Crippen molar-refractivity contribution in [2.45, 2.75) is 38.6 Å². The summed E-state index contributed by atoms with van der Waals surface area (Å²) >= 11 is 0. The fraction of sp³-hybridized carbons (Fsp3) is 0.333. The average molecular weight is 337 g/mol. The summed E-state index contributed by atoms with van der Waals surface area (Å²) in [5.41, 5.74) is 2.69. The minimum absolute atomic E-state index is 0.0812. The average Bonchev–Trinajstić information content (AvgIpc) is 3.13. The van der Waals surface area contributed by atoms with E-state index in [1.807, 2.05) is 19.1 Å². The van der Waals surface area contributed by atoms with Crippen LogP contribution in [-0.4, -0.2) is 26.0 Å². The highest BCUT2D eigenvalue weighted by molar-refractivity contribution is 5.94. The second-order valence-corrected chi connectivity index (χ2v) is 6.41. The molecule has 1 amide bonds. The number of anilines is 1. The van der Waals surface area contributed by atoms with Crippen LogP contribution in [0.2, 0.25) is 0 Å². The first kappa shape index (κ1) is 15.6. The largest absolute Gasteiger partial charge is 0.361 e. The van der Waals surface area contributed by atoms with Gasteiger partial charge in [-0.3, -0.25) is 9.78 Å². The van der Waals surface area contributed by atoms with Crippen LogP contribution in [0.1, 0.15) is 41.6 Å². The van der Waals surface area contributed by atoms with Crippen LogP contribution in [0.25, 0.3) is 0 Å². The van der Waals surface area contributed by atoms with Gasteiger partial charge in [-0.1, -0.05) is 5.16 Å². The number of H-pyrrole nitrogens is 1. The Kier molecular flexibility index (Phi) is 4.05. The summed E-state index contributed by atoms with van der Waals surface area (Å²) in [5.74, 6) is 1.73. The molecule has 1 aliphatic rings. The first-order chi connectivity index (χ1) is 12.2. The zero-order valence-corrected chi connectivity index (χ0v) is 14.0. The maximum absolute atomic E-state index is 12.9. The maximum atomic E-state index is 12.9. The number of nitrogens with zero attached hydrogens (tertiary/aromatic N) is 4. The third-order valence-corrected chi connectivity index (χ3v) is 4.23. The highest BCUT2D eigenvalue weighted by Gasteiger charge is 2.28. The molecule has 0 bridgehead atoms. The van der Waals surface area contributed by atoms with Gasteiger partial charge in [0.05, 0.1) is 30.5 Å². The van der Waals surface area contributed by atoms with Gasteiger partial charge in [0, 0.05) is 30.6 Å². The topological polar surface area (TPSA) is 87.9 Å². The van der Waals surface area contributed by atoms with Crippen LogP contribution >= 0.6 is 0 Å². The Morgan fingerprint density at radius 3 is 2.96 bits per heavy atom. The fourth-order valence-electron chi connectivity index (χ4n) is 2.77. The minimum atomic E-state index is -0.0812. The molecule has 1 aliphatic carbocycles. The lowest BCUT2D eigenvalue weighted by molar-refractivity contribution is -0.118. The number of amides is 1. The monoisotopic (exact) mass is 337 g/mol. The van der Waals surface area contributed by atoms with Crippen LogP contribution in [0, 0.1) is 6.92 Å². The van der Waals surface area contributed by atoms with E-state index < -0.39 is 0 Å². The highest BCUT2D eigenvalue weighted by atomic mass is 16.5. The van der Waals surface area contributed by atoms with Crippen molar-refractivity contribution < 1.29 is 9.32 Å². The van der Waals surface area contributed by atoms with Gasteiger partial charge in [0.1, 0.15) is 11.6 Å². The molecule has 1 N–H and O–H groups in total. The number of aromatic amines is 1. The van der Waals surface area contributed by atoms with Gasteiger partial charge in [-0.15, -0.1) is 0 Å². The van der Waals surface area contributed by atoms with Crippen molar-refractivity contribution in [2.24, 2.45) is 0 Å². The SMILES string of the molecule is Cc1cncc(N(Cc2ncc[nH]2)C(=O)Cc2cc(C3CC3)no2)c1. The lowest BCUT2D eigenvalue weighted by atomic mass is 10.2. The molecule has 0 radical (unpaired) electrons. The molecule has 0 atom stereocenters. The van der Waals surface area contributed by atoms with E-state index in [1.54, 1.807) is 29.7 Å². The van der Waals surface area contributed by atoms with E-state index in [0.717, 1.165) is 29.8 Å². The van der Waals surface area contributed by atoms with Gasteiger partial charge in [0.2, 0.25) is 5.91 Å². The summed E-state index contributed by atoms with van der Waals surface area (Å²) in [6.45, 7) is 2.30. The number of rotatable bonds is 6. The molecule has 3 aromatic heterocycles. The zero-order valence-electron chi connectivity index (χ0n) is 14.0. The molecule has 3 aromatic rings. The van der Waals surface area contributed by atoms with Crippen molar-refractivity contribution in [3.63, 3.8) is 0 Å². The minimum Gasteiger partial charge on any atom is -0.361 e. The van der Waals surface area contributed by atoms with Crippen molar-refractivity contribution in [1.82, 2.24) is 20.1 Å². The number of aryl methyl sites for hydroxylation is 1. The van der Waals surface area contributed by atoms with Gasteiger partial charge in [-0.25, -0.2) is 4.98 Å². The van der Waals surface area contributed by atoms with E-state index >= 15 is 0 Å². The van der Waals surface area contributed by atoms with Gasteiger partial charge in [0.15, 0.2) is 0 Å². The molecule has 3 heterocycles. The number of nitrogens with one attached hydrogen (secondary N) is 1. The fourth-order valence-corrected chi connectivity index (χ4v) is 2.77. The number of hydrogen-bond donors (Lipinski definition) is 1. The Hall–Kier alpha value is -2.96. The van der Waals surface area contributed by atoms with Crippen LogP contribution < -0.4 is 4.90 Å². The first-order valence-corrected chi connectivity index (χ1v) is 8.35. The molecule has 0 spiro atoms. The van der Waals surface area contributed by atoms with E-state index in [-0.39, 0.29) is 12.3 Å². The van der Waals surface area contributed by atoms with Gasteiger partial charge < -0.3 is 14.4 Å². The number of hydrogen-bond acceptors (Lipinski definition) is 5. The molecule has 7 heteroatoms. The molecule has 0 saturated heterocycles. The molecule has 0 aliphatic heterocycles. The number of carbonyl (C=O) groups excluding carboxylic acids is 1. The Bertz CT molecular complexity index is 867. The maximum Gasteiger partial charge on any atom is 0.235 e. The van der Waals surface area contributed by atoms with Crippen LogP contribution in [0.3, 0.4) is 0 Å². The summed E-state index contributed by atoms with van der Waals surface area (Å²) in [4.78, 5) is 26.0. The Labute approximate surface area is 145 Å². The molecule has 128 valence electrons. The van der Waals surface area contributed by atoms with Crippen molar-refractivity contribution in [1.29, 1.82) is 0 Å². The standard InChI is InChI=1S/C18H19N5O2/c1-12-6-14(10-19-9-12)23(11-17-20-4-5-21-17)18(24)8-15-7-16(22-25-15)13-2-3-13/h4-7,9-10,13H,2-3,8,11H2,1H3,(H,20,21). The third kappa shape index (κ3) is 3.60. The Morgan fingerprint density at radius 2 is 2.24 bits per heavy atom. The van der Waals surface area contributed by atoms with Gasteiger partial charge in [-0.2, -0.15) is 0 Å². The summed E-state index contributed by atoms with van der Waals surface area (Å²) in [7, 11) is 0. The van der Waals surface area contributed by atoms with Gasteiger partial charge in [0.25, 0.3) is 0 Å². The van der Waals surface area contributed by atoms with Gasteiger partial charge >= 0.3 is 0 Å². The molecule has 1 saturated carbocycles. The van der Waals surface area contributed by atoms with Crippen molar-refractivity contribution >= 4 is 11.6 Å². The van der Waals surface area contributed by atoms with E-state index in [2.05, 4.69) is 20.1 Å². The van der Waals surface area contributed by atoms with Crippen LogP contribution in [0.15, 0.2) is 41.4 Å². The second-order valence-electron chi connectivity index (χ2n) is 6.41. The second kappa shape index (κ2) is 6.51. The summed E-state index contributed by atoms with van der Waals surface area (Å²) in [6.07, 6.45) is 9.32. The van der Waals surface area contributed by atoms with Crippen LogP contribution in [0.5, 0.6) is 0 Å². The summed E-state index contributed by atoms with van der Waals surface area (Å²) in [5, 5.41) is 4.08. The van der Waals surface area contributed by atoms with E-state index in [9.17, 15) is 4.79 Å². The zero-order chi connectivity index (χ0) is 17.2. The van der Waals surface area contributed by atoms with E-state index in [4.69, 9.17) is 4.52 Å². The normalized spacial score (nSPS) is 13.8. The number of carbonyl (C=O) groups is 1. The molecule has 25 heavy (non-hydrogen) atoms. The molecule has 7 nitrogen and oxygen atoms in total. The predicted molar refractivity (Wildman–Crippen MR) is 90.9 cm³/mol. The molecule has 4 rings (SSSR count). The Balaban J connectivity index is 1.56. The lowest BCUT2D eigenvalue weighted by Gasteiger charge is -2.21. The smallest absolute Gasteiger partial charge is 0.235 e.